The fraction of sp³-hybridized carbons (Fsp3) is 0.500. The highest BCUT2D eigenvalue weighted by Gasteiger charge is 2.22. The van der Waals surface area contributed by atoms with Gasteiger partial charge in [0.25, 0.3) is 0 Å². The zero-order valence-corrected chi connectivity index (χ0v) is 16.6. The number of aromatic amines is 1. The summed E-state index contributed by atoms with van der Waals surface area (Å²) >= 11 is 0. The minimum Gasteiger partial charge on any atom is -0.461 e. The quantitative estimate of drug-likeness (QED) is 0.387. The van der Waals surface area contributed by atoms with E-state index in [0.717, 1.165) is 42.8 Å². The van der Waals surface area contributed by atoms with Crippen LogP contribution in [0.3, 0.4) is 0 Å². The summed E-state index contributed by atoms with van der Waals surface area (Å²) in [4.78, 5) is 13.3. The van der Waals surface area contributed by atoms with Gasteiger partial charge in [0.15, 0.2) is 17.5 Å². The Morgan fingerprint density at radius 2 is 2.38 bits per heavy atom. The van der Waals surface area contributed by atoms with Gasteiger partial charge in [0.05, 0.1) is 12.8 Å². The lowest BCUT2D eigenvalue weighted by molar-refractivity contribution is 0.177. The molecule has 3 N–H and O–H groups in total. The Hall–Kier alpha value is -3.21. The van der Waals surface area contributed by atoms with Crippen LogP contribution in [0.25, 0.3) is 11.6 Å². The van der Waals surface area contributed by atoms with E-state index < -0.39 is 0 Å². The van der Waals surface area contributed by atoms with Crippen molar-refractivity contribution in [1.82, 2.24) is 40.6 Å². The van der Waals surface area contributed by atoms with Crippen LogP contribution in [-0.4, -0.2) is 62.6 Å². The molecule has 1 aliphatic rings. The molecule has 0 fully saturated rings. The third kappa shape index (κ3) is 4.62. The van der Waals surface area contributed by atoms with Gasteiger partial charge in [-0.1, -0.05) is 0 Å². The Morgan fingerprint density at radius 1 is 1.45 bits per heavy atom. The minimum absolute atomic E-state index is 0.238. The normalized spacial score (nSPS) is 16.6. The SMILES string of the molecule is CN=C(NCCc1nc(-c2ccco2)n[nH]1)NC1CCc2nc(COC)nn2C1. The van der Waals surface area contributed by atoms with E-state index in [1.165, 1.54) is 0 Å². The van der Waals surface area contributed by atoms with E-state index in [1.54, 1.807) is 20.4 Å². The average Bonchev–Trinajstić information content (AvgIpc) is 3.47. The van der Waals surface area contributed by atoms with Crippen molar-refractivity contribution in [2.75, 3.05) is 20.7 Å². The summed E-state index contributed by atoms with van der Waals surface area (Å²) in [5.74, 6) is 4.49. The van der Waals surface area contributed by atoms with Crippen LogP contribution >= 0.6 is 0 Å². The lowest BCUT2D eigenvalue weighted by Crippen LogP contribution is -2.47. The molecule has 3 aromatic rings. The molecule has 1 aliphatic heterocycles. The van der Waals surface area contributed by atoms with E-state index in [1.807, 2.05) is 16.8 Å². The third-order valence-electron chi connectivity index (χ3n) is 4.67. The van der Waals surface area contributed by atoms with E-state index in [0.29, 0.717) is 31.2 Å². The van der Waals surface area contributed by atoms with Crippen LogP contribution < -0.4 is 10.6 Å². The number of nitrogens with one attached hydrogen (secondary N) is 3. The van der Waals surface area contributed by atoms with Crippen LogP contribution in [0.15, 0.2) is 27.8 Å². The smallest absolute Gasteiger partial charge is 0.216 e. The first-order chi connectivity index (χ1) is 14.2. The maximum absolute atomic E-state index is 5.31. The molecule has 1 atom stereocenters. The Balaban J connectivity index is 1.26. The van der Waals surface area contributed by atoms with Gasteiger partial charge in [-0.15, -0.1) is 0 Å². The molecule has 3 aromatic heterocycles. The number of rotatable bonds is 7. The zero-order chi connectivity index (χ0) is 20.1. The number of furan rings is 1. The van der Waals surface area contributed by atoms with E-state index >= 15 is 0 Å². The maximum atomic E-state index is 5.31. The monoisotopic (exact) mass is 399 g/mol. The Labute approximate surface area is 168 Å². The van der Waals surface area contributed by atoms with Crippen molar-refractivity contribution in [3.63, 3.8) is 0 Å². The number of H-pyrrole nitrogens is 1. The summed E-state index contributed by atoms with van der Waals surface area (Å²) < 4.78 is 12.4. The fourth-order valence-electron chi connectivity index (χ4n) is 3.28. The maximum Gasteiger partial charge on any atom is 0.216 e. The molecule has 0 aliphatic carbocycles. The van der Waals surface area contributed by atoms with Gasteiger partial charge in [0.1, 0.15) is 18.3 Å². The van der Waals surface area contributed by atoms with E-state index in [9.17, 15) is 0 Å². The second kappa shape index (κ2) is 8.86. The summed E-state index contributed by atoms with van der Waals surface area (Å²) in [6.07, 6.45) is 4.14. The van der Waals surface area contributed by atoms with Crippen LogP contribution in [0.2, 0.25) is 0 Å². The first-order valence-electron chi connectivity index (χ1n) is 9.59. The van der Waals surface area contributed by atoms with Crippen molar-refractivity contribution in [2.24, 2.45) is 4.99 Å². The van der Waals surface area contributed by atoms with Gasteiger partial charge in [-0.05, 0) is 18.6 Å². The first kappa shape index (κ1) is 19.1. The predicted octanol–water partition coefficient (Wildman–Crippen LogP) is 0.525. The highest BCUT2D eigenvalue weighted by molar-refractivity contribution is 5.79. The predicted molar refractivity (Wildman–Crippen MR) is 105 cm³/mol. The van der Waals surface area contributed by atoms with Crippen molar-refractivity contribution in [3.8, 4) is 11.6 Å². The molecular formula is C18H25N9O2. The number of aryl methyl sites for hydroxylation is 1. The van der Waals surface area contributed by atoms with Gasteiger partial charge in [-0.2, -0.15) is 10.2 Å². The van der Waals surface area contributed by atoms with Crippen molar-refractivity contribution >= 4 is 5.96 Å². The number of methoxy groups -OCH3 is 1. The second-order valence-electron chi connectivity index (χ2n) is 6.77. The molecule has 11 heteroatoms. The molecule has 0 saturated carbocycles. The summed E-state index contributed by atoms with van der Waals surface area (Å²) in [5, 5.41) is 18.4. The lowest BCUT2D eigenvalue weighted by Gasteiger charge is -2.25. The Morgan fingerprint density at radius 3 is 3.17 bits per heavy atom. The molecule has 0 saturated heterocycles. The number of ether oxygens (including phenoxy) is 1. The van der Waals surface area contributed by atoms with Gasteiger partial charge in [0.2, 0.25) is 5.82 Å². The van der Waals surface area contributed by atoms with Crippen LogP contribution in [-0.2, 0) is 30.7 Å². The fourth-order valence-corrected chi connectivity index (χ4v) is 3.28. The zero-order valence-electron chi connectivity index (χ0n) is 16.6. The Kier molecular flexibility index (Phi) is 5.84. The number of hydrogen-bond acceptors (Lipinski definition) is 7. The minimum atomic E-state index is 0.238. The largest absolute Gasteiger partial charge is 0.461 e. The van der Waals surface area contributed by atoms with Gasteiger partial charge >= 0.3 is 0 Å². The van der Waals surface area contributed by atoms with Crippen LogP contribution in [0.5, 0.6) is 0 Å². The first-order valence-corrected chi connectivity index (χ1v) is 9.59. The molecule has 0 aromatic carbocycles. The standard InChI is InChI=1S/C18H25N9O2/c1-19-18(20-8-7-14-23-17(25-24-14)13-4-3-9-29-13)21-12-5-6-16-22-15(11-28-2)26-27(16)10-12/h3-4,9,12H,5-8,10-11H2,1-2H3,(H2,19,20,21)(H,23,24,25). The summed E-state index contributed by atoms with van der Waals surface area (Å²) in [6.45, 7) is 1.86. The number of aromatic nitrogens is 6. The van der Waals surface area contributed by atoms with E-state index in [4.69, 9.17) is 9.15 Å². The molecular weight excluding hydrogens is 374 g/mol. The molecule has 154 valence electrons. The highest BCUT2D eigenvalue weighted by Crippen LogP contribution is 2.15. The van der Waals surface area contributed by atoms with Gasteiger partial charge in [-0.25, -0.2) is 14.6 Å². The van der Waals surface area contributed by atoms with Gasteiger partial charge in [-0.3, -0.25) is 10.1 Å². The molecule has 11 nitrogen and oxygen atoms in total. The van der Waals surface area contributed by atoms with Crippen molar-refractivity contribution < 1.29 is 9.15 Å². The summed E-state index contributed by atoms with van der Waals surface area (Å²) in [5.41, 5.74) is 0. The number of guanidine groups is 1. The number of aliphatic imine (C=N–C) groups is 1. The van der Waals surface area contributed by atoms with E-state index in [2.05, 4.69) is 40.9 Å². The van der Waals surface area contributed by atoms with E-state index in [-0.39, 0.29) is 6.04 Å². The van der Waals surface area contributed by atoms with Crippen molar-refractivity contribution in [1.29, 1.82) is 0 Å². The summed E-state index contributed by atoms with van der Waals surface area (Å²) in [6, 6.07) is 3.88. The van der Waals surface area contributed by atoms with Crippen molar-refractivity contribution in [2.45, 2.75) is 38.5 Å². The molecule has 1 unspecified atom stereocenters. The Bertz CT molecular complexity index is 945. The number of fused-ring (bicyclic) bond motifs is 1. The lowest BCUT2D eigenvalue weighted by atomic mass is 10.1. The molecule has 0 spiro atoms. The van der Waals surface area contributed by atoms with Gasteiger partial charge < -0.3 is 19.8 Å². The average molecular weight is 399 g/mol. The van der Waals surface area contributed by atoms with Crippen LogP contribution in [0, 0.1) is 0 Å². The molecule has 0 radical (unpaired) electrons. The van der Waals surface area contributed by atoms with Crippen LogP contribution in [0.4, 0.5) is 0 Å². The highest BCUT2D eigenvalue weighted by atomic mass is 16.5. The van der Waals surface area contributed by atoms with Crippen molar-refractivity contribution in [3.05, 3.63) is 35.9 Å². The molecule has 29 heavy (non-hydrogen) atoms. The van der Waals surface area contributed by atoms with Gasteiger partial charge in [0, 0.05) is 39.6 Å². The summed E-state index contributed by atoms with van der Waals surface area (Å²) in [7, 11) is 3.41. The molecule has 4 heterocycles. The molecule has 0 amide bonds. The molecule has 0 bridgehead atoms. The number of hydrogen-bond donors (Lipinski definition) is 3. The number of nitrogens with zero attached hydrogens (tertiary/aromatic N) is 6. The van der Waals surface area contributed by atoms with Crippen LogP contribution in [0.1, 0.15) is 23.9 Å². The third-order valence-corrected chi connectivity index (χ3v) is 4.67. The molecule has 4 rings (SSSR count). The second-order valence-corrected chi connectivity index (χ2v) is 6.77. The topological polar surface area (TPSA) is 131 Å².